The van der Waals surface area contributed by atoms with E-state index in [-0.39, 0.29) is 18.4 Å². The molecule has 0 aromatic rings. The second kappa shape index (κ2) is 4.01. The van der Waals surface area contributed by atoms with Crippen LogP contribution in [0.5, 0.6) is 0 Å². The first-order chi connectivity index (χ1) is 7.65. The van der Waals surface area contributed by atoms with Gasteiger partial charge in [-0.25, -0.2) is 0 Å². The molecule has 1 fully saturated rings. The number of hydrogen-bond donors (Lipinski definition) is 1. The fraction of sp³-hybridized carbons (Fsp3) is 0.500. The number of carbonyl (C=O) groups excluding carboxylic acids is 1. The van der Waals surface area contributed by atoms with Crippen LogP contribution in [-0.4, -0.2) is 23.7 Å². The van der Waals surface area contributed by atoms with Crippen molar-refractivity contribution in [2.24, 2.45) is 23.7 Å². The van der Waals surface area contributed by atoms with E-state index in [0.717, 1.165) is 6.42 Å². The Balaban J connectivity index is 2.14. The standard InChI is InChI=1S/C12H12O4/c1-2-5-16-12(15)10-8-4-3-7(6-8)9(10)11(13)14/h1,3-4,7-10H,5-6H2,(H,13,14)/t7?,8?,9-,10+/m0/s1. The Hall–Kier alpha value is -1.76. The SMILES string of the molecule is C#CCOC(=O)[C@@H]1C2C=CC(C2)[C@@H]1C(=O)O. The second-order valence-corrected chi connectivity index (χ2v) is 4.15. The third kappa shape index (κ3) is 1.58. The van der Waals surface area contributed by atoms with E-state index in [1.54, 1.807) is 0 Å². The number of carbonyl (C=O) groups is 2. The van der Waals surface area contributed by atoms with E-state index in [0.29, 0.717) is 0 Å². The van der Waals surface area contributed by atoms with Crippen LogP contribution >= 0.6 is 0 Å². The van der Waals surface area contributed by atoms with Crippen molar-refractivity contribution in [3.63, 3.8) is 0 Å². The van der Waals surface area contributed by atoms with Crippen LogP contribution in [0.4, 0.5) is 0 Å². The van der Waals surface area contributed by atoms with Gasteiger partial charge in [0.25, 0.3) is 0 Å². The Kier molecular flexibility index (Phi) is 2.69. The van der Waals surface area contributed by atoms with Gasteiger partial charge in [-0.2, -0.15) is 0 Å². The van der Waals surface area contributed by atoms with E-state index >= 15 is 0 Å². The fourth-order valence-corrected chi connectivity index (χ4v) is 2.69. The normalized spacial score (nSPS) is 34.7. The van der Waals surface area contributed by atoms with E-state index in [1.165, 1.54) is 0 Å². The van der Waals surface area contributed by atoms with Crippen LogP contribution in [0.3, 0.4) is 0 Å². The summed E-state index contributed by atoms with van der Waals surface area (Å²) >= 11 is 0. The summed E-state index contributed by atoms with van der Waals surface area (Å²) in [5, 5.41) is 9.10. The molecule has 0 spiro atoms. The van der Waals surface area contributed by atoms with Gasteiger partial charge in [0.2, 0.25) is 0 Å². The van der Waals surface area contributed by atoms with Crippen molar-refractivity contribution in [1.29, 1.82) is 0 Å². The third-order valence-electron chi connectivity index (χ3n) is 3.31. The number of esters is 1. The molecule has 2 rings (SSSR count). The van der Waals surface area contributed by atoms with Crippen LogP contribution in [0.1, 0.15) is 6.42 Å². The molecule has 1 N–H and O–H groups in total. The van der Waals surface area contributed by atoms with Crippen molar-refractivity contribution >= 4 is 11.9 Å². The van der Waals surface area contributed by atoms with Crippen molar-refractivity contribution in [1.82, 2.24) is 0 Å². The van der Waals surface area contributed by atoms with Gasteiger partial charge in [-0.05, 0) is 18.3 Å². The van der Waals surface area contributed by atoms with Crippen molar-refractivity contribution in [3.05, 3.63) is 12.2 Å². The molecular formula is C12H12O4. The molecule has 0 amide bonds. The van der Waals surface area contributed by atoms with Gasteiger partial charge in [-0.1, -0.05) is 18.1 Å². The van der Waals surface area contributed by atoms with Gasteiger partial charge in [-0.3, -0.25) is 9.59 Å². The molecule has 2 unspecified atom stereocenters. The molecule has 4 nitrogen and oxygen atoms in total. The summed E-state index contributed by atoms with van der Waals surface area (Å²) in [5.74, 6) is -0.474. The number of rotatable bonds is 3. The summed E-state index contributed by atoms with van der Waals surface area (Å²) in [7, 11) is 0. The highest BCUT2D eigenvalue weighted by atomic mass is 16.5. The summed E-state index contributed by atoms with van der Waals surface area (Å²) in [6, 6.07) is 0. The third-order valence-corrected chi connectivity index (χ3v) is 3.31. The average Bonchev–Trinajstić information content (AvgIpc) is 2.84. The Labute approximate surface area is 93.3 Å². The van der Waals surface area contributed by atoms with Crippen LogP contribution in [0.15, 0.2) is 12.2 Å². The Morgan fingerprint density at radius 2 is 2.00 bits per heavy atom. The molecule has 2 bridgehead atoms. The molecule has 2 aliphatic carbocycles. The van der Waals surface area contributed by atoms with Crippen molar-refractivity contribution in [3.8, 4) is 12.3 Å². The van der Waals surface area contributed by atoms with Crippen LogP contribution in [0, 0.1) is 36.0 Å². The minimum atomic E-state index is -0.931. The van der Waals surface area contributed by atoms with E-state index in [9.17, 15) is 9.59 Å². The maximum atomic E-state index is 11.7. The van der Waals surface area contributed by atoms with Crippen LogP contribution in [0.25, 0.3) is 0 Å². The molecule has 4 heteroatoms. The lowest BCUT2D eigenvalue weighted by Crippen LogP contribution is -2.34. The second-order valence-electron chi connectivity index (χ2n) is 4.15. The zero-order valence-electron chi connectivity index (χ0n) is 8.63. The van der Waals surface area contributed by atoms with Crippen molar-refractivity contribution in [2.75, 3.05) is 6.61 Å². The van der Waals surface area contributed by atoms with Crippen LogP contribution in [-0.2, 0) is 14.3 Å². The maximum Gasteiger partial charge on any atom is 0.311 e. The Morgan fingerprint density at radius 3 is 2.56 bits per heavy atom. The molecule has 0 heterocycles. The first-order valence-corrected chi connectivity index (χ1v) is 5.16. The smallest absolute Gasteiger partial charge is 0.311 e. The van der Waals surface area contributed by atoms with E-state index in [1.807, 2.05) is 12.2 Å². The minimum absolute atomic E-state index is 0.00336. The van der Waals surface area contributed by atoms with Crippen LogP contribution in [0.2, 0.25) is 0 Å². The number of allylic oxidation sites excluding steroid dienone is 2. The van der Waals surface area contributed by atoms with Gasteiger partial charge in [0.05, 0.1) is 11.8 Å². The molecule has 2 aliphatic rings. The number of carboxylic acid groups (broad SMARTS) is 1. The highest BCUT2D eigenvalue weighted by Crippen LogP contribution is 2.48. The summed E-state index contributed by atoms with van der Waals surface area (Å²) in [5.41, 5.74) is 0. The lowest BCUT2D eigenvalue weighted by atomic mass is 9.83. The molecule has 4 atom stereocenters. The molecule has 84 valence electrons. The number of fused-ring (bicyclic) bond motifs is 2. The summed E-state index contributed by atoms with van der Waals surface area (Å²) in [6.45, 7) is -0.0945. The molecule has 1 saturated carbocycles. The number of aliphatic carboxylic acids is 1. The van der Waals surface area contributed by atoms with Gasteiger partial charge in [0.15, 0.2) is 6.61 Å². The predicted octanol–water partition coefficient (Wildman–Crippen LogP) is 0.686. The molecule has 0 radical (unpaired) electrons. The first kappa shape index (κ1) is 10.7. The summed E-state index contributed by atoms with van der Waals surface area (Å²) in [4.78, 5) is 22.8. The minimum Gasteiger partial charge on any atom is -0.481 e. The molecule has 0 aromatic heterocycles. The lowest BCUT2D eigenvalue weighted by Gasteiger charge is -2.22. The number of ether oxygens (including phenoxy) is 1. The van der Waals surface area contributed by atoms with Crippen molar-refractivity contribution < 1.29 is 19.4 Å². The zero-order chi connectivity index (χ0) is 11.7. The molecule has 0 saturated heterocycles. The van der Waals surface area contributed by atoms with E-state index < -0.39 is 23.8 Å². The lowest BCUT2D eigenvalue weighted by molar-refractivity contribution is -0.157. The van der Waals surface area contributed by atoms with Gasteiger partial charge >= 0.3 is 11.9 Å². The fourth-order valence-electron chi connectivity index (χ4n) is 2.69. The Bertz CT molecular complexity index is 390. The summed E-state index contributed by atoms with van der Waals surface area (Å²) in [6.07, 6.45) is 9.51. The van der Waals surface area contributed by atoms with Gasteiger partial charge in [0.1, 0.15) is 0 Å². The maximum absolute atomic E-state index is 11.7. The molecule has 0 aliphatic heterocycles. The number of terminal acetylenes is 1. The number of carboxylic acids is 1. The van der Waals surface area contributed by atoms with E-state index in [4.69, 9.17) is 16.3 Å². The largest absolute Gasteiger partial charge is 0.481 e. The van der Waals surface area contributed by atoms with Crippen molar-refractivity contribution in [2.45, 2.75) is 6.42 Å². The predicted molar refractivity (Wildman–Crippen MR) is 55.1 cm³/mol. The van der Waals surface area contributed by atoms with E-state index in [2.05, 4.69) is 5.92 Å². The highest BCUT2D eigenvalue weighted by Gasteiger charge is 2.52. The molecule has 0 aromatic carbocycles. The molecular weight excluding hydrogens is 208 g/mol. The topological polar surface area (TPSA) is 63.6 Å². The first-order valence-electron chi connectivity index (χ1n) is 5.16. The monoisotopic (exact) mass is 220 g/mol. The molecule has 16 heavy (non-hydrogen) atoms. The number of hydrogen-bond acceptors (Lipinski definition) is 3. The van der Waals surface area contributed by atoms with Gasteiger partial charge in [-0.15, -0.1) is 6.42 Å². The quantitative estimate of drug-likeness (QED) is 0.431. The Morgan fingerprint density at radius 1 is 1.38 bits per heavy atom. The van der Waals surface area contributed by atoms with Gasteiger partial charge in [0, 0.05) is 0 Å². The zero-order valence-corrected chi connectivity index (χ0v) is 8.63. The highest BCUT2D eigenvalue weighted by molar-refractivity contribution is 5.83. The average molecular weight is 220 g/mol. The van der Waals surface area contributed by atoms with Gasteiger partial charge < -0.3 is 9.84 Å². The summed E-state index contributed by atoms with van der Waals surface area (Å²) < 4.78 is 4.84. The van der Waals surface area contributed by atoms with Crippen LogP contribution < -0.4 is 0 Å².